The Morgan fingerprint density at radius 1 is 1.00 bits per heavy atom. The molecule has 0 saturated carbocycles. The predicted octanol–water partition coefficient (Wildman–Crippen LogP) is 5.78. The van der Waals surface area contributed by atoms with Crippen molar-refractivity contribution in [2.75, 3.05) is 11.1 Å². The molecule has 280 valence electrons. The number of anilines is 1. The van der Waals surface area contributed by atoms with Gasteiger partial charge in [0.25, 0.3) is 11.8 Å². The normalized spacial score (nSPS) is 17.1. The molecule has 5 aromatic rings. The number of oxime groups is 1. The molecular weight excluding hydrogens is 747 g/mol. The molecule has 0 spiro atoms. The monoisotopic (exact) mass is 781 g/mol. The average Bonchev–Trinajstić information content (AvgIpc) is 3.67. The van der Waals surface area contributed by atoms with Crippen molar-refractivity contribution >= 4 is 51.7 Å². The fraction of sp³-hybridized carbons (Fsp3) is 0.200. The van der Waals surface area contributed by atoms with Crippen molar-refractivity contribution < 1.29 is 37.7 Å². The van der Waals surface area contributed by atoms with E-state index in [9.17, 15) is 28.3 Å². The SMILES string of the molecule is CCc1ccc[n+](CC2=C(C(=O)O)N3C(=O)C(NC(=O)C(=NOC(F)F)c4csc(NC(c5ccccc5)(c5ccccc5)c5ccccc5)n4)[C@@H]3SC2)c1. The molecular formula is C40H35F2N6O5S2+. The van der Waals surface area contributed by atoms with Crippen LogP contribution in [0.4, 0.5) is 13.9 Å². The number of carboxylic acid groups (broad SMARTS) is 1. The third kappa shape index (κ3) is 7.57. The van der Waals surface area contributed by atoms with Gasteiger partial charge in [-0.05, 0) is 29.2 Å². The lowest BCUT2D eigenvalue weighted by Gasteiger charge is -2.49. The van der Waals surface area contributed by atoms with Crippen LogP contribution in [0.25, 0.3) is 0 Å². The maximum Gasteiger partial charge on any atom is 0.407 e. The van der Waals surface area contributed by atoms with Crippen LogP contribution >= 0.6 is 23.1 Å². The van der Waals surface area contributed by atoms with Crippen molar-refractivity contribution in [3.05, 3.63) is 160 Å². The zero-order valence-corrected chi connectivity index (χ0v) is 31.0. The van der Waals surface area contributed by atoms with Crippen LogP contribution in [0.15, 0.2) is 137 Å². The van der Waals surface area contributed by atoms with E-state index in [2.05, 4.69) is 25.6 Å². The van der Waals surface area contributed by atoms with E-state index in [0.717, 1.165) is 44.9 Å². The molecule has 3 N–H and O–H groups in total. The summed E-state index contributed by atoms with van der Waals surface area (Å²) in [7, 11) is 0. The number of thioether (sulfide) groups is 1. The van der Waals surface area contributed by atoms with Crippen LogP contribution in [-0.4, -0.2) is 62.3 Å². The van der Waals surface area contributed by atoms with Crippen LogP contribution in [-0.2, 0) is 37.7 Å². The third-order valence-corrected chi connectivity index (χ3v) is 11.4. The molecule has 2 atom stereocenters. The van der Waals surface area contributed by atoms with Crippen molar-refractivity contribution in [1.82, 2.24) is 15.2 Å². The number of nitrogens with one attached hydrogen (secondary N) is 2. The van der Waals surface area contributed by atoms with E-state index in [-0.39, 0.29) is 23.7 Å². The number of rotatable bonds is 14. The first-order chi connectivity index (χ1) is 26.7. The summed E-state index contributed by atoms with van der Waals surface area (Å²) in [4.78, 5) is 49.8. The number of thiazole rings is 1. The van der Waals surface area contributed by atoms with Crippen LogP contribution < -0.4 is 15.2 Å². The number of hydrogen-bond donors (Lipinski definition) is 3. The highest BCUT2D eigenvalue weighted by Crippen LogP contribution is 2.42. The standard InChI is InChI=1S/C40H34F2N6O5S2/c1-2-25-13-12-20-47(21-25)22-26-23-54-36-32(35(50)48(36)33(26)37(51)52)44-34(49)31(46-53-38(41)42)30-24-55-39(43-30)45-40(27-14-6-3-7-15-27,28-16-8-4-9-17-28)29-18-10-5-11-19-29/h3-21,24,32,36,38H,2,22-23H2,1H3,(H2-,43,44,45,49,51,52)/p+1/t32?,36-/m0/s1. The van der Waals surface area contributed by atoms with Crippen LogP contribution in [0.2, 0.25) is 0 Å². The fourth-order valence-corrected chi connectivity index (χ4v) is 8.88. The fourth-order valence-electron chi connectivity index (χ4n) is 6.80. The summed E-state index contributed by atoms with van der Waals surface area (Å²) < 4.78 is 28.5. The number of aromatic nitrogens is 2. The van der Waals surface area contributed by atoms with Gasteiger partial charge in [-0.25, -0.2) is 14.3 Å². The number of nitrogens with zero attached hydrogens (tertiary/aromatic N) is 4. The zero-order chi connectivity index (χ0) is 38.5. The number of fused-ring (bicyclic) bond motifs is 1. The van der Waals surface area contributed by atoms with Crippen molar-refractivity contribution in [1.29, 1.82) is 0 Å². The van der Waals surface area contributed by atoms with Gasteiger partial charge in [0.05, 0.1) is 0 Å². The lowest BCUT2D eigenvalue weighted by molar-refractivity contribution is -0.689. The molecule has 4 heterocycles. The smallest absolute Gasteiger partial charge is 0.407 e. The molecule has 1 fully saturated rings. The van der Waals surface area contributed by atoms with Gasteiger partial charge in [0.15, 0.2) is 29.8 Å². The van der Waals surface area contributed by atoms with E-state index in [1.807, 2.05) is 127 Å². The molecule has 11 nitrogen and oxygen atoms in total. The van der Waals surface area contributed by atoms with Crippen molar-refractivity contribution in [2.24, 2.45) is 5.16 Å². The van der Waals surface area contributed by atoms with Gasteiger partial charge in [-0.3, -0.25) is 14.5 Å². The summed E-state index contributed by atoms with van der Waals surface area (Å²) in [6.07, 6.45) is 4.56. The number of pyridine rings is 1. The van der Waals surface area contributed by atoms with E-state index in [4.69, 9.17) is 0 Å². The summed E-state index contributed by atoms with van der Waals surface area (Å²) in [6.45, 7) is -1.06. The van der Waals surface area contributed by atoms with Crippen LogP contribution in [0, 0.1) is 0 Å². The minimum Gasteiger partial charge on any atom is -0.477 e. The van der Waals surface area contributed by atoms with Gasteiger partial charge in [-0.2, -0.15) is 8.78 Å². The summed E-state index contributed by atoms with van der Waals surface area (Å²) >= 11 is 2.42. The summed E-state index contributed by atoms with van der Waals surface area (Å²) in [5.74, 6) is -2.62. The minimum atomic E-state index is -3.34. The molecule has 1 unspecified atom stereocenters. The maximum absolute atomic E-state index is 13.8. The second-order valence-corrected chi connectivity index (χ2v) is 14.6. The Hall–Kier alpha value is -5.93. The minimum absolute atomic E-state index is 0.0756. The molecule has 0 bridgehead atoms. The van der Waals surface area contributed by atoms with Gasteiger partial charge in [-0.15, -0.1) is 23.1 Å². The summed E-state index contributed by atoms with van der Waals surface area (Å²) in [6, 6.07) is 31.9. The number of carbonyl (C=O) groups excluding carboxylic acids is 2. The molecule has 0 radical (unpaired) electrons. The molecule has 2 amide bonds. The van der Waals surface area contributed by atoms with Gasteiger partial charge in [-0.1, -0.05) is 103 Å². The van der Waals surface area contributed by atoms with E-state index in [0.29, 0.717) is 10.7 Å². The first kappa shape index (κ1) is 37.4. The Balaban J connectivity index is 1.16. The number of β-lactam (4-membered cyclic amide) rings is 1. The number of aliphatic carboxylic acids is 1. The second kappa shape index (κ2) is 16.2. The van der Waals surface area contributed by atoms with Gasteiger partial charge < -0.3 is 20.6 Å². The van der Waals surface area contributed by atoms with Crippen LogP contribution in [0.3, 0.4) is 0 Å². The number of halogens is 2. The number of benzene rings is 3. The largest absolute Gasteiger partial charge is 0.477 e. The molecule has 55 heavy (non-hydrogen) atoms. The lowest BCUT2D eigenvalue weighted by atomic mass is 9.77. The number of amides is 2. The maximum atomic E-state index is 13.8. The van der Waals surface area contributed by atoms with Crippen molar-refractivity contribution in [2.45, 2.75) is 43.5 Å². The van der Waals surface area contributed by atoms with E-state index in [1.54, 1.807) is 0 Å². The molecule has 3 aromatic carbocycles. The first-order valence-corrected chi connectivity index (χ1v) is 19.2. The highest BCUT2D eigenvalue weighted by Gasteiger charge is 2.55. The summed E-state index contributed by atoms with van der Waals surface area (Å²) in [5.41, 5.74) is 2.52. The van der Waals surface area contributed by atoms with Crippen molar-refractivity contribution in [3.63, 3.8) is 0 Å². The van der Waals surface area contributed by atoms with E-state index in [1.165, 1.54) is 17.1 Å². The van der Waals surface area contributed by atoms with E-state index < -0.39 is 47.1 Å². The average molecular weight is 782 g/mol. The van der Waals surface area contributed by atoms with E-state index >= 15 is 0 Å². The topological polar surface area (TPSA) is 137 Å². The molecule has 15 heteroatoms. The highest BCUT2D eigenvalue weighted by atomic mass is 32.2. The number of aryl methyl sites for hydroxylation is 1. The molecule has 7 rings (SSSR count). The number of carbonyl (C=O) groups is 3. The summed E-state index contributed by atoms with van der Waals surface area (Å²) in [5, 5.41) is 20.9. The number of carboxylic acids is 1. The zero-order valence-electron chi connectivity index (χ0n) is 29.3. The molecule has 1 saturated heterocycles. The van der Waals surface area contributed by atoms with Gasteiger partial charge >= 0.3 is 12.6 Å². The van der Waals surface area contributed by atoms with Gasteiger partial charge in [0.1, 0.15) is 28.3 Å². The number of alkyl halides is 2. The third-order valence-electron chi connectivity index (χ3n) is 9.34. The predicted molar refractivity (Wildman–Crippen MR) is 204 cm³/mol. The Morgan fingerprint density at radius 2 is 1.62 bits per heavy atom. The van der Waals surface area contributed by atoms with Crippen molar-refractivity contribution in [3.8, 4) is 0 Å². The quantitative estimate of drug-likeness (QED) is 0.0425. The van der Waals surface area contributed by atoms with Crippen LogP contribution in [0.5, 0.6) is 0 Å². The van der Waals surface area contributed by atoms with Crippen LogP contribution in [0.1, 0.15) is 34.9 Å². The highest BCUT2D eigenvalue weighted by molar-refractivity contribution is 8.00. The Kier molecular flexibility index (Phi) is 11.0. The Bertz CT molecular complexity index is 2160. The second-order valence-electron chi connectivity index (χ2n) is 12.7. The molecule has 2 aliphatic heterocycles. The van der Waals surface area contributed by atoms with Gasteiger partial charge in [0, 0.05) is 28.3 Å². The lowest BCUT2D eigenvalue weighted by Crippen LogP contribution is -2.71. The molecule has 0 aliphatic carbocycles. The number of hydrogen-bond acceptors (Lipinski definition) is 9. The Labute approximate surface area is 323 Å². The first-order valence-electron chi connectivity index (χ1n) is 17.3. The Morgan fingerprint density at radius 3 is 2.18 bits per heavy atom. The molecule has 2 aromatic heterocycles. The van der Waals surface area contributed by atoms with Gasteiger partial charge in [0.2, 0.25) is 0 Å². The molecule has 2 aliphatic rings.